The Bertz CT molecular complexity index is 488. The third-order valence-corrected chi connectivity index (χ3v) is 4.06. The number of hydrogen-bond donors (Lipinski definition) is 2. The van der Waals surface area contributed by atoms with Crippen molar-refractivity contribution in [3.63, 3.8) is 0 Å². The number of amides is 2. The van der Waals surface area contributed by atoms with Gasteiger partial charge in [-0.05, 0) is 5.92 Å². The number of hydrogen-bond acceptors (Lipinski definition) is 6. The number of carbonyl (C=O) groups excluding carboxylic acids is 2. The van der Waals surface area contributed by atoms with Gasteiger partial charge in [0, 0.05) is 6.42 Å². The fraction of sp³-hybridized carbons (Fsp3) is 0.786. The summed E-state index contributed by atoms with van der Waals surface area (Å²) in [6.07, 6.45) is -0.678. The number of carboxylic acid groups (broad SMARTS) is 1. The average molecular weight is 330 g/mol. The second-order valence-corrected chi connectivity index (χ2v) is 5.99. The second-order valence-electron chi connectivity index (χ2n) is 5.99. The van der Waals surface area contributed by atoms with Crippen molar-refractivity contribution in [3.8, 4) is 0 Å². The van der Waals surface area contributed by atoms with Crippen LogP contribution in [0.4, 0.5) is 4.79 Å². The van der Waals surface area contributed by atoms with E-state index in [1.54, 1.807) is 13.8 Å². The molecule has 2 fully saturated rings. The molecule has 0 radical (unpaired) electrons. The molecule has 2 heterocycles. The smallest absolute Gasteiger partial charge is 0.407 e. The van der Waals surface area contributed by atoms with E-state index in [1.807, 2.05) is 0 Å². The normalized spacial score (nSPS) is 24.0. The molecule has 23 heavy (non-hydrogen) atoms. The molecule has 0 aromatic carbocycles. The number of nitrogens with one attached hydrogen (secondary N) is 1. The van der Waals surface area contributed by atoms with Gasteiger partial charge in [-0.25, -0.2) is 9.59 Å². The topological polar surface area (TPSA) is 114 Å². The number of methoxy groups -OCH3 is 1. The van der Waals surface area contributed by atoms with Crippen LogP contribution in [-0.2, 0) is 23.8 Å². The standard InChI is InChI=1S/C14H22N2O7/c1-8(2)10(15-13(20)21-3)11(17)16-7-14(22-4-5-23-14)6-9(16)12(18)19/h8-10H,4-7H2,1-3H3,(H,15,20)(H,18,19). The van der Waals surface area contributed by atoms with Crippen LogP contribution in [0, 0.1) is 5.92 Å². The van der Waals surface area contributed by atoms with Crippen molar-refractivity contribution < 1.29 is 33.7 Å². The van der Waals surface area contributed by atoms with E-state index in [0.717, 1.165) is 0 Å². The lowest BCUT2D eigenvalue weighted by Gasteiger charge is -2.29. The maximum Gasteiger partial charge on any atom is 0.407 e. The van der Waals surface area contributed by atoms with Crippen LogP contribution >= 0.6 is 0 Å². The Kier molecular flexibility index (Phi) is 5.10. The number of ether oxygens (including phenoxy) is 3. The number of likely N-dealkylation sites (tertiary alicyclic amines) is 1. The maximum absolute atomic E-state index is 12.8. The molecule has 0 aliphatic carbocycles. The summed E-state index contributed by atoms with van der Waals surface area (Å²) in [5.41, 5.74) is 0. The third-order valence-electron chi connectivity index (χ3n) is 4.06. The minimum Gasteiger partial charge on any atom is -0.480 e. The van der Waals surface area contributed by atoms with Crippen molar-refractivity contribution >= 4 is 18.0 Å². The fourth-order valence-corrected chi connectivity index (χ4v) is 2.88. The Balaban J connectivity index is 2.19. The van der Waals surface area contributed by atoms with Gasteiger partial charge >= 0.3 is 12.1 Å². The number of nitrogens with zero attached hydrogens (tertiary/aromatic N) is 1. The van der Waals surface area contributed by atoms with Gasteiger partial charge in [0.05, 0.1) is 26.9 Å². The molecule has 2 aliphatic rings. The molecule has 9 nitrogen and oxygen atoms in total. The quantitative estimate of drug-likeness (QED) is 0.733. The molecule has 2 atom stereocenters. The molecule has 2 N–H and O–H groups in total. The van der Waals surface area contributed by atoms with Crippen molar-refractivity contribution in [1.82, 2.24) is 10.2 Å². The molecule has 2 rings (SSSR count). The fourth-order valence-electron chi connectivity index (χ4n) is 2.88. The summed E-state index contributed by atoms with van der Waals surface area (Å²) in [6.45, 7) is 4.25. The van der Waals surface area contributed by atoms with E-state index >= 15 is 0 Å². The van der Waals surface area contributed by atoms with Crippen LogP contribution < -0.4 is 5.32 Å². The molecule has 9 heteroatoms. The molecule has 2 aliphatic heterocycles. The van der Waals surface area contributed by atoms with Crippen LogP contribution in [0.2, 0.25) is 0 Å². The number of aliphatic carboxylic acids is 1. The zero-order valence-corrected chi connectivity index (χ0v) is 13.4. The first-order valence-corrected chi connectivity index (χ1v) is 7.45. The van der Waals surface area contributed by atoms with Gasteiger partial charge < -0.3 is 29.5 Å². The minimum atomic E-state index is -1.13. The van der Waals surface area contributed by atoms with Gasteiger partial charge in [0.2, 0.25) is 5.91 Å². The Morgan fingerprint density at radius 1 is 1.30 bits per heavy atom. The number of alkyl carbamates (subject to hydrolysis) is 1. The largest absolute Gasteiger partial charge is 0.480 e. The van der Waals surface area contributed by atoms with E-state index < -0.39 is 35.8 Å². The van der Waals surface area contributed by atoms with Crippen LogP contribution in [0.3, 0.4) is 0 Å². The summed E-state index contributed by atoms with van der Waals surface area (Å²) >= 11 is 0. The van der Waals surface area contributed by atoms with Gasteiger partial charge in [-0.2, -0.15) is 0 Å². The van der Waals surface area contributed by atoms with Gasteiger partial charge in [-0.15, -0.1) is 0 Å². The van der Waals surface area contributed by atoms with Crippen LogP contribution in [0.1, 0.15) is 20.3 Å². The summed E-state index contributed by atoms with van der Waals surface area (Å²) in [5, 5.41) is 11.9. The highest BCUT2D eigenvalue weighted by atomic mass is 16.7. The van der Waals surface area contributed by atoms with Crippen LogP contribution in [0.25, 0.3) is 0 Å². The SMILES string of the molecule is COC(=O)NC(C(=O)N1CC2(CC1C(=O)O)OCCO2)C(C)C. The lowest BCUT2D eigenvalue weighted by atomic mass is 10.0. The van der Waals surface area contributed by atoms with Gasteiger partial charge in [-0.3, -0.25) is 4.79 Å². The predicted octanol–water partition coefficient (Wildman–Crippen LogP) is -0.204. The van der Waals surface area contributed by atoms with Crippen LogP contribution in [0.5, 0.6) is 0 Å². The summed E-state index contributed by atoms with van der Waals surface area (Å²) in [5.74, 6) is -2.92. The lowest BCUT2D eigenvalue weighted by Crippen LogP contribution is -2.54. The monoisotopic (exact) mass is 330 g/mol. The summed E-state index contributed by atoms with van der Waals surface area (Å²) in [4.78, 5) is 36.9. The van der Waals surface area contributed by atoms with E-state index in [1.165, 1.54) is 12.0 Å². The van der Waals surface area contributed by atoms with E-state index in [2.05, 4.69) is 10.1 Å². The first kappa shape index (κ1) is 17.5. The number of carbonyl (C=O) groups is 3. The Morgan fingerprint density at radius 2 is 1.91 bits per heavy atom. The molecular weight excluding hydrogens is 308 g/mol. The predicted molar refractivity (Wildman–Crippen MR) is 76.6 cm³/mol. The molecule has 2 unspecified atom stereocenters. The van der Waals surface area contributed by atoms with E-state index in [0.29, 0.717) is 13.2 Å². The molecule has 0 saturated carbocycles. The summed E-state index contributed by atoms with van der Waals surface area (Å²) in [7, 11) is 1.20. The molecule has 0 aromatic heterocycles. The van der Waals surface area contributed by atoms with E-state index in [4.69, 9.17) is 9.47 Å². The van der Waals surface area contributed by atoms with Crippen molar-refractivity contribution in [1.29, 1.82) is 0 Å². The van der Waals surface area contributed by atoms with Gasteiger partial charge in [-0.1, -0.05) is 13.8 Å². The highest BCUT2D eigenvalue weighted by Gasteiger charge is 2.53. The number of rotatable bonds is 4. The van der Waals surface area contributed by atoms with Gasteiger partial charge in [0.25, 0.3) is 0 Å². The van der Waals surface area contributed by atoms with Crippen LogP contribution in [-0.4, -0.2) is 72.7 Å². The van der Waals surface area contributed by atoms with E-state index in [-0.39, 0.29) is 18.9 Å². The zero-order chi connectivity index (χ0) is 17.2. The van der Waals surface area contributed by atoms with Crippen molar-refractivity contribution in [2.75, 3.05) is 26.9 Å². The van der Waals surface area contributed by atoms with Crippen molar-refractivity contribution in [2.24, 2.45) is 5.92 Å². The lowest BCUT2D eigenvalue weighted by molar-refractivity contribution is -0.153. The molecule has 130 valence electrons. The highest BCUT2D eigenvalue weighted by Crippen LogP contribution is 2.35. The first-order valence-electron chi connectivity index (χ1n) is 7.45. The first-order chi connectivity index (χ1) is 10.8. The summed E-state index contributed by atoms with van der Waals surface area (Å²) < 4.78 is 15.6. The summed E-state index contributed by atoms with van der Waals surface area (Å²) in [6, 6.07) is -1.94. The molecule has 2 saturated heterocycles. The third kappa shape index (κ3) is 3.56. The molecule has 0 bridgehead atoms. The van der Waals surface area contributed by atoms with E-state index in [9.17, 15) is 19.5 Å². The van der Waals surface area contributed by atoms with Crippen molar-refractivity contribution in [2.45, 2.75) is 38.1 Å². The minimum absolute atomic E-state index is 0.0227. The Hall–Kier alpha value is -1.87. The second kappa shape index (κ2) is 6.71. The Morgan fingerprint density at radius 3 is 2.39 bits per heavy atom. The highest BCUT2D eigenvalue weighted by molar-refractivity contribution is 5.90. The zero-order valence-electron chi connectivity index (χ0n) is 13.4. The molecule has 0 aromatic rings. The molecular formula is C14H22N2O7. The van der Waals surface area contributed by atoms with Crippen LogP contribution in [0.15, 0.2) is 0 Å². The number of carboxylic acids is 1. The average Bonchev–Trinajstić information content (AvgIpc) is 3.11. The maximum atomic E-state index is 12.8. The van der Waals surface area contributed by atoms with Gasteiger partial charge in [0.15, 0.2) is 5.79 Å². The van der Waals surface area contributed by atoms with Gasteiger partial charge in [0.1, 0.15) is 12.1 Å². The molecule has 2 amide bonds. The Labute approximate surface area is 133 Å². The molecule has 1 spiro atoms. The van der Waals surface area contributed by atoms with Crippen molar-refractivity contribution in [3.05, 3.63) is 0 Å².